The second kappa shape index (κ2) is 7.24. The Kier molecular flexibility index (Phi) is 4.88. The van der Waals surface area contributed by atoms with E-state index in [9.17, 15) is 14.7 Å². The summed E-state index contributed by atoms with van der Waals surface area (Å²) >= 11 is 3.06. The molecule has 0 saturated carbocycles. The van der Waals surface area contributed by atoms with Crippen LogP contribution in [-0.4, -0.2) is 21.9 Å². The van der Waals surface area contributed by atoms with Crippen LogP contribution in [0.4, 0.5) is 0 Å². The highest BCUT2D eigenvalue weighted by Crippen LogP contribution is 2.25. The predicted molar refractivity (Wildman–Crippen MR) is 92.8 cm³/mol. The molecule has 2 heterocycles. The number of nitrogens with one attached hydrogen (secondary N) is 2. The number of rotatable bonds is 4. The monoisotopic (exact) mass is 359 g/mol. The molecule has 122 valence electrons. The maximum Gasteiger partial charge on any atom is 0.273 e. The number of thiazole rings is 1. The van der Waals surface area contributed by atoms with E-state index in [-0.39, 0.29) is 23.6 Å². The van der Waals surface area contributed by atoms with Crippen molar-refractivity contribution in [1.29, 1.82) is 0 Å². The van der Waals surface area contributed by atoms with Crippen molar-refractivity contribution in [2.24, 2.45) is 0 Å². The van der Waals surface area contributed by atoms with Crippen molar-refractivity contribution >= 4 is 34.5 Å². The molecular weight excluding hydrogens is 346 g/mol. The molecule has 2 amide bonds. The highest BCUT2D eigenvalue weighted by atomic mass is 32.1. The number of phenolic OH excluding ortho intramolecular Hbond substituents is 1. The molecule has 1 aromatic carbocycles. The molecule has 0 unspecified atom stereocenters. The van der Waals surface area contributed by atoms with Crippen LogP contribution in [-0.2, 0) is 11.2 Å². The molecule has 0 spiro atoms. The first-order chi connectivity index (χ1) is 11.6. The Labute approximate surface area is 145 Å². The van der Waals surface area contributed by atoms with Gasteiger partial charge in [-0.05, 0) is 23.6 Å². The zero-order valence-corrected chi connectivity index (χ0v) is 14.0. The number of amides is 2. The number of carbonyl (C=O) groups excluding carboxylic acids is 2. The molecule has 3 N–H and O–H groups in total. The molecule has 0 aliphatic rings. The maximum atomic E-state index is 11.9. The van der Waals surface area contributed by atoms with Crippen LogP contribution in [0.5, 0.6) is 5.75 Å². The minimum atomic E-state index is -0.585. The summed E-state index contributed by atoms with van der Waals surface area (Å²) in [6, 6.07) is 8.07. The summed E-state index contributed by atoms with van der Waals surface area (Å²) in [6.07, 6.45) is 0.0572. The van der Waals surface area contributed by atoms with E-state index in [1.807, 2.05) is 22.2 Å². The molecule has 3 aromatic rings. The van der Waals surface area contributed by atoms with Gasteiger partial charge in [0, 0.05) is 16.3 Å². The van der Waals surface area contributed by atoms with Crippen molar-refractivity contribution in [3.63, 3.8) is 0 Å². The number of carbonyl (C=O) groups is 2. The molecule has 2 aromatic heterocycles. The highest BCUT2D eigenvalue weighted by molar-refractivity contribution is 7.14. The quantitative estimate of drug-likeness (QED) is 0.625. The van der Waals surface area contributed by atoms with Gasteiger partial charge in [0.15, 0.2) is 0 Å². The van der Waals surface area contributed by atoms with Crippen molar-refractivity contribution in [2.45, 2.75) is 6.42 Å². The molecule has 0 atom stereocenters. The predicted octanol–water partition coefficient (Wildman–Crippen LogP) is 2.58. The summed E-state index contributed by atoms with van der Waals surface area (Å²) < 4.78 is 0. The standard InChI is InChI=1S/C16H13N3O3S2/c20-13-4-2-1-3-12(13)15(22)19-18-14(21)7-11-9-24-16(17-11)10-5-6-23-8-10/h1-6,8-9,20H,7H2,(H,18,21)(H,19,22). The fourth-order valence-electron chi connectivity index (χ4n) is 1.98. The Morgan fingerprint density at radius 3 is 2.71 bits per heavy atom. The van der Waals surface area contributed by atoms with E-state index < -0.39 is 5.91 Å². The second-order valence-corrected chi connectivity index (χ2v) is 6.49. The Morgan fingerprint density at radius 1 is 1.12 bits per heavy atom. The third kappa shape index (κ3) is 3.79. The van der Waals surface area contributed by atoms with Gasteiger partial charge in [-0.1, -0.05) is 12.1 Å². The lowest BCUT2D eigenvalue weighted by Gasteiger charge is -2.07. The topological polar surface area (TPSA) is 91.3 Å². The number of hydrogen-bond donors (Lipinski definition) is 3. The molecule has 6 nitrogen and oxygen atoms in total. The summed E-state index contributed by atoms with van der Waals surface area (Å²) in [5.41, 5.74) is 6.35. The first-order valence-electron chi connectivity index (χ1n) is 6.97. The number of aromatic hydroxyl groups is 1. The number of phenols is 1. The van der Waals surface area contributed by atoms with Crippen LogP contribution >= 0.6 is 22.7 Å². The van der Waals surface area contributed by atoms with Gasteiger partial charge in [-0.2, -0.15) is 11.3 Å². The lowest BCUT2D eigenvalue weighted by atomic mass is 10.2. The SMILES string of the molecule is O=C(Cc1csc(-c2ccsc2)n1)NNC(=O)c1ccccc1O. The molecule has 0 radical (unpaired) electrons. The number of para-hydroxylation sites is 1. The molecule has 0 bridgehead atoms. The molecule has 3 rings (SSSR count). The van der Waals surface area contributed by atoms with Crippen molar-refractivity contribution in [3.05, 3.63) is 57.7 Å². The largest absolute Gasteiger partial charge is 0.507 e. The Balaban J connectivity index is 1.55. The Morgan fingerprint density at radius 2 is 1.96 bits per heavy atom. The maximum absolute atomic E-state index is 11.9. The number of aromatic nitrogens is 1. The van der Waals surface area contributed by atoms with Crippen molar-refractivity contribution < 1.29 is 14.7 Å². The molecule has 0 fully saturated rings. The van der Waals surface area contributed by atoms with Gasteiger partial charge in [0.2, 0.25) is 5.91 Å². The lowest BCUT2D eigenvalue weighted by molar-refractivity contribution is -0.121. The van der Waals surface area contributed by atoms with Crippen LogP contribution < -0.4 is 10.9 Å². The summed E-state index contributed by atoms with van der Waals surface area (Å²) in [6.45, 7) is 0. The van der Waals surface area contributed by atoms with E-state index in [0.717, 1.165) is 10.6 Å². The average Bonchev–Trinajstić information content (AvgIpc) is 3.24. The summed E-state index contributed by atoms with van der Waals surface area (Å²) in [5.74, 6) is -1.12. The van der Waals surface area contributed by atoms with E-state index in [2.05, 4.69) is 15.8 Å². The van der Waals surface area contributed by atoms with E-state index in [0.29, 0.717) is 5.69 Å². The molecular formula is C16H13N3O3S2. The Hall–Kier alpha value is -2.71. The number of thiophene rings is 1. The third-order valence-corrected chi connectivity index (χ3v) is 4.75. The van der Waals surface area contributed by atoms with E-state index in [1.165, 1.54) is 23.5 Å². The van der Waals surface area contributed by atoms with Crippen LogP contribution in [0.2, 0.25) is 0 Å². The molecule has 24 heavy (non-hydrogen) atoms. The first kappa shape index (κ1) is 16.2. The van der Waals surface area contributed by atoms with Gasteiger partial charge in [-0.3, -0.25) is 20.4 Å². The number of benzene rings is 1. The minimum Gasteiger partial charge on any atom is -0.507 e. The van der Waals surface area contributed by atoms with Crippen LogP contribution in [0.1, 0.15) is 16.1 Å². The first-order valence-corrected chi connectivity index (χ1v) is 8.80. The van der Waals surface area contributed by atoms with Crippen LogP contribution in [0.25, 0.3) is 10.6 Å². The summed E-state index contributed by atoms with van der Waals surface area (Å²) in [7, 11) is 0. The number of hydrazine groups is 1. The normalized spacial score (nSPS) is 10.3. The highest BCUT2D eigenvalue weighted by Gasteiger charge is 2.13. The van der Waals surface area contributed by atoms with Crippen LogP contribution in [0.15, 0.2) is 46.5 Å². The summed E-state index contributed by atoms with van der Waals surface area (Å²) in [5, 5.41) is 16.2. The zero-order chi connectivity index (χ0) is 16.9. The van der Waals surface area contributed by atoms with Crippen molar-refractivity contribution in [2.75, 3.05) is 0 Å². The number of hydrogen-bond acceptors (Lipinski definition) is 6. The number of nitrogens with zero attached hydrogens (tertiary/aromatic N) is 1. The van der Waals surface area contributed by atoms with Gasteiger partial charge in [-0.15, -0.1) is 11.3 Å². The Bertz CT molecular complexity index is 859. The van der Waals surface area contributed by atoms with Gasteiger partial charge in [0.1, 0.15) is 10.8 Å². The third-order valence-electron chi connectivity index (χ3n) is 3.13. The molecule has 0 aliphatic heterocycles. The fraction of sp³-hybridized carbons (Fsp3) is 0.0625. The summed E-state index contributed by atoms with van der Waals surface area (Å²) in [4.78, 5) is 28.2. The smallest absolute Gasteiger partial charge is 0.273 e. The van der Waals surface area contributed by atoms with Crippen LogP contribution in [0, 0.1) is 0 Å². The molecule has 0 aliphatic carbocycles. The molecule has 8 heteroatoms. The average molecular weight is 359 g/mol. The van der Waals surface area contributed by atoms with E-state index in [1.54, 1.807) is 23.5 Å². The van der Waals surface area contributed by atoms with Gasteiger partial charge in [-0.25, -0.2) is 4.98 Å². The second-order valence-electron chi connectivity index (χ2n) is 4.85. The van der Waals surface area contributed by atoms with Gasteiger partial charge >= 0.3 is 0 Å². The lowest BCUT2D eigenvalue weighted by Crippen LogP contribution is -2.42. The van der Waals surface area contributed by atoms with Gasteiger partial charge in [0.25, 0.3) is 5.91 Å². The van der Waals surface area contributed by atoms with Crippen LogP contribution in [0.3, 0.4) is 0 Å². The van der Waals surface area contributed by atoms with Crippen molar-refractivity contribution in [1.82, 2.24) is 15.8 Å². The zero-order valence-electron chi connectivity index (χ0n) is 12.4. The van der Waals surface area contributed by atoms with Gasteiger partial charge < -0.3 is 5.11 Å². The molecule has 0 saturated heterocycles. The minimum absolute atomic E-state index is 0.0572. The van der Waals surface area contributed by atoms with Crippen molar-refractivity contribution in [3.8, 4) is 16.3 Å². The van der Waals surface area contributed by atoms with E-state index in [4.69, 9.17) is 0 Å². The van der Waals surface area contributed by atoms with Gasteiger partial charge in [0.05, 0.1) is 17.7 Å². The fourth-order valence-corrected chi connectivity index (χ4v) is 3.51. The van der Waals surface area contributed by atoms with E-state index >= 15 is 0 Å².